The van der Waals surface area contributed by atoms with Crippen molar-refractivity contribution >= 4 is 5.97 Å². The summed E-state index contributed by atoms with van der Waals surface area (Å²) >= 11 is 0. The molecule has 1 aliphatic carbocycles. The van der Waals surface area contributed by atoms with Gasteiger partial charge in [0.1, 0.15) is 5.82 Å². The van der Waals surface area contributed by atoms with Crippen molar-refractivity contribution < 1.29 is 9.53 Å². The minimum Gasteiger partial charge on any atom is -0.464 e. The van der Waals surface area contributed by atoms with Crippen molar-refractivity contribution in [3.05, 3.63) is 17.7 Å². The molecule has 1 heterocycles. The summed E-state index contributed by atoms with van der Waals surface area (Å²) in [6.07, 6.45) is 6.88. The van der Waals surface area contributed by atoms with Crippen LogP contribution in [0.2, 0.25) is 0 Å². The second-order valence-electron chi connectivity index (χ2n) is 4.68. The lowest BCUT2D eigenvalue weighted by molar-refractivity contribution is 0.0594. The Labute approximate surface area is 108 Å². The molecule has 1 saturated carbocycles. The quantitative estimate of drug-likeness (QED) is 0.810. The standard InChI is InChI=1S/C13H21N3O2/c1-3-16-9-11(13(17)18-2)15-12(16)8-14-10-6-4-5-7-10/h9-10,14H,3-8H2,1-2H3. The maximum absolute atomic E-state index is 11.4. The fourth-order valence-corrected chi connectivity index (χ4v) is 2.44. The van der Waals surface area contributed by atoms with Crippen molar-refractivity contribution in [3.8, 4) is 0 Å². The topological polar surface area (TPSA) is 56.2 Å². The summed E-state index contributed by atoms with van der Waals surface area (Å²) in [6.45, 7) is 3.57. The van der Waals surface area contributed by atoms with E-state index >= 15 is 0 Å². The molecule has 0 aliphatic heterocycles. The first-order chi connectivity index (χ1) is 8.74. The van der Waals surface area contributed by atoms with Crippen molar-refractivity contribution in [2.45, 2.75) is 51.7 Å². The highest BCUT2D eigenvalue weighted by molar-refractivity contribution is 5.86. The van der Waals surface area contributed by atoms with Gasteiger partial charge in [-0.1, -0.05) is 12.8 Å². The Morgan fingerprint density at radius 3 is 2.89 bits per heavy atom. The molecular weight excluding hydrogens is 230 g/mol. The van der Waals surface area contributed by atoms with E-state index in [0.717, 1.165) is 18.9 Å². The molecule has 0 unspecified atom stereocenters. The van der Waals surface area contributed by atoms with Crippen molar-refractivity contribution in [1.82, 2.24) is 14.9 Å². The highest BCUT2D eigenvalue weighted by Gasteiger charge is 2.17. The van der Waals surface area contributed by atoms with Crippen LogP contribution in [0.4, 0.5) is 0 Å². The fourth-order valence-electron chi connectivity index (χ4n) is 2.44. The normalized spacial score (nSPS) is 16.1. The first-order valence-electron chi connectivity index (χ1n) is 6.62. The van der Waals surface area contributed by atoms with Crippen LogP contribution in [0.3, 0.4) is 0 Å². The maximum Gasteiger partial charge on any atom is 0.358 e. The third-order valence-corrected chi connectivity index (χ3v) is 3.50. The van der Waals surface area contributed by atoms with E-state index in [2.05, 4.69) is 10.3 Å². The Morgan fingerprint density at radius 2 is 2.28 bits per heavy atom. The third-order valence-electron chi connectivity index (χ3n) is 3.50. The minimum atomic E-state index is -0.371. The predicted molar refractivity (Wildman–Crippen MR) is 68.3 cm³/mol. The van der Waals surface area contributed by atoms with Crippen LogP contribution in [0.5, 0.6) is 0 Å². The highest BCUT2D eigenvalue weighted by atomic mass is 16.5. The van der Waals surface area contributed by atoms with E-state index in [1.165, 1.54) is 32.8 Å². The SMILES string of the molecule is CCn1cc(C(=O)OC)nc1CNC1CCCC1. The number of carbonyl (C=O) groups is 1. The zero-order valence-corrected chi connectivity index (χ0v) is 11.1. The number of methoxy groups -OCH3 is 1. The maximum atomic E-state index is 11.4. The minimum absolute atomic E-state index is 0.371. The van der Waals surface area contributed by atoms with Crippen LogP contribution in [0.15, 0.2) is 6.20 Å². The Morgan fingerprint density at radius 1 is 1.56 bits per heavy atom. The Kier molecular flexibility index (Phi) is 4.36. The number of imidazole rings is 1. The van der Waals surface area contributed by atoms with Gasteiger partial charge in [-0.2, -0.15) is 0 Å². The lowest BCUT2D eigenvalue weighted by atomic mass is 10.2. The van der Waals surface area contributed by atoms with Crippen molar-refractivity contribution in [2.24, 2.45) is 0 Å². The van der Waals surface area contributed by atoms with Crippen LogP contribution in [0.1, 0.15) is 48.9 Å². The van der Waals surface area contributed by atoms with E-state index < -0.39 is 0 Å². The van der Waals surface area contributed by atoms with Gasteiger partial charge in [0.2, 0.25) is 0 Å². The molecule has 0 amide bonds. The molecular formula is C13H21N3O2. The van der Waals surface area contributed by atoms with Crippen LogP contribution in [-0.4, -0.2) is 28.7 Å². The van der Waals surface area contributed by atoms with E-state index in [4.69, 9.17) is 4.74 Å². The molecule has 0 radical (unpaired) electrons. The summed E-state index contributed by atoms with van der Waals surface area (Å²) in [5.74, 6) is 0.536. The van der Waals surface area contributed by atoms with Gasteiger partial charge in [0.25, 0.3) is 0 Å². The van der Waals surface area contributed by atoms with Crippen LogP contribution in [0.25, 0.3) is 0 Å². The number of aromatic nitrogens is 2. The van der Waals surface area contributed by atoms with Gasteiger partial charge in [-0.25, -0.2) is 9.78 Å². The average Bonchev–Trinajstić information content (AvgIpc) is 3.04. The first-order valence-corrected chi connectivity index (χ1v) is 6.62. The molecule has 0 atom stereocenters. The van der Waals surface area contributed by atoms with E-state index in [0.29, 0.717) is 11.7 Å². The van der Waals surface area contributed by atoms with Crippen LogP contribution >= 0.6 is 0 Å². The molecule has 1 aromatic rings. The third kappa shape index (κ3) is 2.90. The smallest absolute Gasteiger partial charge is 0.358 e. The molecule has 100 valence electrons. The molecule has 0 spiro atoms. The zero-order chi connectivity index (χ0) is 13.0. The number of nitrogens with one attached hydrogen (secondary N) is 1. The van der Waals surface area contributed by atoms with Gasteiger partial charge in [0, 0.05) is 18.8 Å². The molecule has 1 N–H and O–H groups in total. The molecule has 0 bridgehead atoms. The summed E-state index contributed by atoms with van der Waals surface area (Å²) in [4.78, 5) is 15.8. The molecule has 0 saturated heterocycles. The summed E-state index contributed by atoms with van der Waals surface area (Å²) in [5.41, 5.74) is 0.391. The van der Waals surface area contributed by atoms with E-state index in [9.17, 15) is 4.79 Å². The monoisotopic (exact) mass is 251 g/mol. The second kappa shape index (κ2) is 6.00. The van der Waals surface area contributed by atoms with Gasteiger partial charge in [-0.15, -0.1) is 0 Å². The van der Waals surface area contributed by atoms with Crippen LogP contribution < -0.4 is 5.32 Å². The number of ether oxygens (including phenoxy) is 1. The number of hydrogen-bond acceptors (Lipinski definition) is 4. The Bertz CT molecular complexity index is 408. The molecule has 1 fully saturated rings. The largest absolute Gasteiger partial charge is 0.464 e. The van der Waals surface area contributed by atoms with Crippen molar-refractivity contribution in [2.75, 3.05) is 7.11 Å². The molecule has 2 rings (SSSR count). The average molecular weight is 251 g/mol. The first kappa shape index (κ1) is 13.1. The molecule has 5 nitrogen and oxygen atoms in total. The Balaban J connectivity index is 2.01. The molecule has 1 aromatic heterocycles. The predicted octanol–water partition coefficient (Wildman–Crippen LogP) is 1.72. The van der Waals surface area contributed by atoms with E-state index in [-0.39, 0.29) is 5.97 Å². The Hall–Kier alpha value is -1.36. The molecule has 0 aromatic carbocycles. The van der Waals surface area contributed by atoms with Crippen LogP contribution in [0, 0.1) is 0 Å². The molecule has 5 heteroatoms. The van der Waals surface area contributed by atoms with Crippen LogP contribution in [-0.2, 0) is 17.8 Å². The summed E-state index contributed by atoms with van der Waals surface area (Å²) in [5, 5.41) is 3.51. The number of aryl methyl sites for hydroxylation is 1. The lowest BCUT2D eigenvalue weighted by Crippen LogP contribution is -2.26. The lowest BCUT2D eigenvalue weighted by Gasteiger charge is -2.11. The highest BCUT2D eigenvalue weighted by Crippen LogP contribution is 2.18. The van der Waals surface area contributed by atoms with E-state index in [1.54, 1.807) is 6.20 Å². The van der Waals surface area contributed by atoms with Gasteiger partial charge in [0.05, 0.1) is 13.7 Å². The summed E-state index contributed by atoms with van der Waals surface area (Å²) in [7, 11) is 1.38. The van der Waals surface area contributed by atoms with Gasteiger partial charge in [-0.05, 0) is 19.8 Å². The number of carbonyl (C=O) groups excluding carboxylic acids is 1. The molecule has 1 aliphatic rings. The van der Waals surface area contributed by atoms with Gasteiger partial charge in [0.15, 0.2) is 5.69 Å². The number of esters is 1. The number of rotatable bonds is 5. The summed E-state index contributed by atoms with van der Waals surface area (Å²) < 4.78 is 6.69. The van der Waals surface area contributed by atoms with Gasteiger partial charge in [-0.3, -0.25) is 0 Å². The zero-order valence-electron chi connectivity index (χ0n) is 11.1. The van der Waals surface area contributed by atoms with Gasteiger partial charge < -0.3 is 14.6 Å². The summed E-state index contributed by atoms with van der Waals surface area (Å²) in [6, 6.07) is 0.605. The fraction of sp³-hybridized carbons (Fsp3) is 0.692. The van der Waals surface area contributed by atoms with Crippen molar-refractivity contribution in [3.63, 3.8) is 0 Å². The van der Waals surface area contributed by atoms with Crippen molar-refractivity contribution in [1.29, 1.82) is 0 Å². The van der Waals surface area contributed by atoms with Gasteiger partial charge >= 0.3 is 5.97 Å². The number of hydrogen-bond donors (Lipinski definition) is 1. The number of nitrogens with zero attached hydrogens (tertiary/aromatic N) is 2. The van der Waals surface area contributed by atoms with E-state index in [1.807, 2.05) is 11.5 Å². The molecule has 18 heavy (non-hydrogen) atoms. The second-order valence-corrected chi connectivity index (χ2v) is 4.68.